The van der Waals surface area contributed by atoms with Crippen LogP contribution in [-0.4, -0.2) is 43.8 Å². The minimum absolute atomic E-state index is 0.226. The highest BCUT2D eigenvalue weighted by molar-refractivity contribution is 6.13. The van der Waals surface area contributed by atoms with Crippen LogP contribution in [0.15, 0.2) is 73.4 Å². The Bertz CT molecular complexity index is 1400. The first kappa shape index (κ1) is 21.5. The fraction of sp³-hybridized carbons (Fsp3) is 0.192. The molecule has 1 aliphatic rings. The molecule has 1 aliphatic heterocycles. The van der Waals surface area contributed by atoms with Gasteiger partial charge in [0, 0.05) is 43.6 Å². The number of nitrogens with zero attached hydrogens (tertiary/aromatic N) is 5. The van der Waals surface area contributed by atoms with E-state index in [-0.39, 0.29) is 11.8 Å². The van der Waals surface area contributed by atoms with Crippen molar-refractivity contribution >= 4 is 22.6 Å². The molecular formula is C26H22N6O2. The second kappa shape index (κ2) is 9.25. The van der Waals surface area contributed by atoms with Crippen LogP contribution in [0.25, 0.3) is 10.8 Å². The molecule has 1 saturated heterocycles. The van der Waals surface area contributed by atoms with E-state index < -0.39 is 6.04 Å². The molecule has 2 amide bonds. The summed E-state index contributed by atoms with van der Waals surface area (Å²) in [4.78, 5) is 35.9. The quantitative estimate of drug-likeness (QED) is 0.453. The van der Waals surface area contributed by atoms with Crippen molar-refractivity contribution in [1.82, 2.24) is 24.8 Å². The molecule has 2 aromatic heterocycles. The highest BCUT2D eigenvalue weighted by Gasteiger charge is 2.36. The van der Waals surface area contributed by atoms with Crippen molar-refractivity contribution < 1.29 is 9.59 Å². The number of likely N-dealkylation sites (tertiary alicyclic amines) is 1. The molecule has 3 heterocycles. The van der Waals surface area contributed by atoms with Crippen LogP contribution in [-0.2, 0) is 17.9 Å². The van der Waals surface area contributed by atoms with Crippen molar-refractivity contribution in [2.45, 2.75) is 25.6 Å². The Morgan fingerprint density at radius 2 is 1.91 bits per heavy atom. The van der Waals surface area contributed by atoms with Crippen LogP contribution >= 0.6 is 0 Å². The number of aromatic nitrogens is 3. The zero-order valence-corrected chi connectivity index (χ0v) is 18.4. The number of carbonyl (C=O) groups excluding carboxylic acids is 2. The number of hydrogen-bond acceptors (Lipinski definition) is 6. The molecule has 34 heavy (non-hydrogen) atoms. The summed E-state index contributed by atoms with van der Waals surface area (Å²) in [7, 11) is 0. The first-order valence-electron chi connectivity index (χ1n) is 11.0. The maximum atomic E-state index is 13.2. The molecule has 0 saturated carbocycles. The number of amides is 2. The lowest BCUT2D eigenvalue weighted by Crippen LogP contribution is -2.40. The van der Waals surface area contributed by atoms with Gasteiger partial charge >= 0.3 is 0 Å². The van der Waals surface area contributed by atoms with Crippen molar-refractivity contribution in [2.75, 3.05) is 6.54 Å². The summed E-state index contributed by atoms with van der Waals surface area (Å²) < 4.78 is 2.00. The molecule has 8 nitrogen and oxygen atoms in total. The standard InChI is InChI=1S/C26H22N6O2/c27-11-18-5-7-19(8-6-18)16-31-17-29-13-21(31)14-30-24-9-10-32(26(24)34)25(33)23-15-28-12-20-3-1-2-4-22(20)23/h1-8,12-13,15,17,24,30H,9-10,14,16H2/t24-/m0/s1. The highest BCUT2D eigenvalue weighted by atomic mass is 16.2. The van der Waals surface area contributed by atoms with E-state index in [2.05, 4.69) is 21.4 Å². The van der Waals surface area contributed by atoms with Gasteiger partial charge in [0.05, 0.1) is 35.3 Å². The molecule has 0 unspecified atom stereocenters. The summed E-state index contributed by atoms with van der Waals surface area (Å²) in [5.41, 5.74) is 3.04. The Hall–Kier alpha value is -4.35. The second-order valence-corrected chi connectivity index (χ2v) is 8.25. The fourth-order valence-electron chi connectivity index (χ4n) is 4.25. The highest BCUT2D eigenvalue weighted by Crippen LogP contribution is 2.22. The average Bonchev–Trinajstić information content (AvgIpc) is 3.48. The van der Waals surface area contributed by atoms with E-state index in [1.54, 1.807) is 30.9 Å². The van der Waals surface area contributed by atoms with Gasteiger partial charge in [0.1, 0.15) is 0 Å². The summed E-state index contributed by atoms with van der Waals surface area (Å²) in [6.07, 6.45) is 7.30. The van der Waals surface area contributed by atoms with Crippen LogP contribution in [0.5, 0.6) is 0 Å². The maximum absolute atomic E-state index is 13.2. The lowest BCUT2D eigenvalue weighted by molar-refractivity contribution is -0.127. The van der Waals surface area contributed by atoms with Gasteiger partial charge in [-0.05, 0) is 29.5 Å². The van der Waals surface area contributed by atoms with Gasteiger partial charge in [-0.3, -0.25) is 19.5 Å². The summed E-state index contributed by atoms with van der Waals surface area (Å²) >= 11 is 0. The predicted molar refractivity (Wildman–Crippen MR) is 126 cm³/mol. The molecule has 0 radical (unpaired) electrons. The Labute approximate surface area is 196 Å². The van der Waals surface area contributed by atoms with Crippen molar-refractivity contribution in [3.8, 4) is 6.07 Å². The van der Waals surface area contributed by atoms with Crippen LogP contribution in [0.2, 0.25) is 0 Å². The van der Waals surface area contributed by atoms with E-state index >= 15 is 0 Å². The summed E-state index contributed by atoms with van der Waals surface area (Å²) in [5.74, 6) is -0.541. The molecule has 0 spiro atoms. The Morgan fingerprint density at radius 3 is 2.74 bits per heavy atom. The molecule has 5 rings (SSSR count). The van der Waals surface area contributed by atoms with Gasteiger partial charge < -0.3 is 9.88 Å². The smallest absolute Gasteiger partial charge is 0.262 e. The van der Waals surface area contributed by atoms with E-state index in [0.29, 0.717) is 37.2 Å². The van der Waals surface area contributed by atoms with Crippen LogP contribution in [0.3, 0.4) is 0 Å². The van der Waals surface area contributed by atoms with E-state index in [0.717, 1.165) is 22.0 Å². The summed E-state index contributed by atoms with van der Waals surface area (Å²) in [5, 5.41) is 13.9. The minimum atomic E-state index is -0.440. The molecule has 2 aromatic carbocycles. The summed E-state index contributed by atoms with van der Waals surface area (Å²) in [6.45, 7) is 1.42. The Balaban J connectivity index is 1.24. The number of imidazole rings is 1. The zero-order valence-electron chi connectivity index (χ0n) is 18.4. The number of nitrogens with one attached hydrogen (secondary N) is 1. The topological polar surface area (TPSA) is 104 Å². The lowest BCUT2D eigenvalue weighted by Gasteiger charge is -2.17. The van der Waals surface area contributed by atoms with E-state index in [4.69, 9.17) is 5.26 Å². The number of pyridine rings is 1. The molecule has 4 aromatic rings. The minimum Gasteiger partial charge on any atom is -0.329 e. The van der Waals surface area contributed by atoms with Crippen LogP contribution < -0.4 is 5.32 Å². The maximum Gasteiger partial charge on any atom is 0.262 e. The number of benzene rings is 2. The van der Waals surface area contributed by atoms with E-state index in [9.17, 15) is 9.59 Å². The molecule has 8 heteroatoms. The van der Waals surface area contributed by atoms with Gasteiger partial charge in [-0.1, -0.05) is 36.4 Å². The van der Waals surface area contributed by atoms with Gasteiger partial charge in [-0.25, -0.2) is 4.98 Å². The van der Waals surface area contributed by atoms with Crippen LogP contribution in [0, 0.1) is 11.3 Å². The molecule has 0 bridgehead atoms. The van der Waals surface area contributed by atoms with Crippen molar-refractivity contribution in [1.29, 1.82) is 5.26 Å². The zero-order chi connectivity index (χ0) is 23.5. The normalized spacial score (nSPS) is 15.6. The SMILES string of the molecule is N#Cc1ccc(Cn2cncc2CN[C@H]2CCN(C(=O)c3cncc4ccccc34)C2=O)cc1. The Kier molecular flexibility index (Phi) is 5.85. The number of nitriles is 1. The second-order valence-electron chi connectivity index (χ2n) is 8.25. The van der Waals surface area contributed by atoms with Gasteiger partial charge in [0.25, 0.3) is 5.91 Å². The third-order valence-electron chi connectivity index (χ3n) is 6.11. The van der Waals surface area contributed by atoms with E-state index in [1.807, 2.05) is 41.0 Å². The molecule has 1 N–H and O–H groups in total. The van der Waals surface area contributed by atoms with Gasteiger partial charge in [-0.2, -0.15) is 5.26 Å². The average molecular weight is 451 g/mol. The number of imide groups is 1. The largest absolute Gasteiger partial charge is 0.329 e. The third kappa shape index (κ3) is 4.17. The van der Waals surface area contributed by atoms with Gasteiger partial charge in [0.2, 0.25) is 5.91 Å². The molecule has 1 atom stereocenters. The van der Waals surface area contributed by atoms with Crippen molar-refractivity contribution in [2.24, 2.45) is 0 Å². The first-order chi connectivity index (χ1) is 16.6. The molecule has 0 aliphatic carbocycles. The van der Waals surface area contributed by atoms with E-state index in [1.165, 1.54) is 11.1 Å². The Morgan fingerprint density at radius 1 is 1.09 bits per heavy atom. The fourth-order valence-corrected chi connectivity index (χ4v) is 4.25. The monoisotopic (exact) mass is 450 g/mol. The number of rotatable bonds is 6. The van der Waals surface area contributed by atoms with Crippen molar-refractivity contribution in [3.05, 3.63) is 95.8 Å². The summed E-state index contributed by atoms with van der Waals surface area (Å²) in [6, 6.07) is 16.6. The predicted octanol–water partition coefficient (Wildman–Crippen LogP) is 2.88. The molecular weight excluding hydrogens is 428 g/mol. The number of fused-ring (bicyclic) bond motifs is 1. The number of carbonyl (C=O) groups is 2. The molecule has 168 valence electrons. The first-order valence-corrected chi connectivity index (χ1v) is 11.0. The van der Waals surface area contributed by atoms with Gasteiger partial charge in [-0.15, -0.1) is 0 Å². The van der Waals surface area contributed by atoms with Crippen molar-refractivity contribution in [3.63, 3.8) is 0 Å². The third-order valence-corrected chi connectivity index (χ3v) is 6.11. The number of hydrogen-bond donors (Lipinski definition) is 1. The van der Waals surface area contributed by atoms with Crippen LogP contribution in [0.1, 0.15) is 33.6 Å². The lowest BCUT2D eigenvalue weighted by atomic mass is 10.1. The van der Waals surface area contributed by atoms with Gasteiger partial charge in [0.15, 0.2) is 0 Å². The molecule has 1 fully saturated rings. The van der Waals surface area contributed by atoms with Crippen LogP contribution in [0.4, 0.5) is 0 Å².